The maximum Gasteiger partial charge on any atom is 0.276 e. The zero-order chi connectivity index (χ0) is 37.6. The van der Waals surface area contributed by atoms with E-state index in [2.05, 4.69) is 15.5 Å². The summed E-state index contributed by atoms with van der Waals surface area (Å²) in [4.78, 5) is 46.3. The number of halogens is 3. The largest absolute Gasteiger partial charge is 0.489 e. The molecule has 0 saturated carbocycles. The molecule has 3 amide bonds. The predicted molar refractivity (Wildman–Crippen MR) is 189 cm³/mol. The van der Waals surface area contributed by atoms with Gasteiger partial charge < -0.3 is 19.9 Å². The smallest absolute Gasteiger partial charge is 0.276 e. The molecule has 1 saturated heterocycles. The lowest BCUT2D eigenvalue weighted by Gasteiger charge is -2.37. The summed E-state index contributed by atoms with van der Waals surface area (Å²) in [6, 6.07) is 15.7. The van der Waals surface area contributed by atoms with Crippen molar-refractivity contribution < 1.29 is 32.3 Å². The number of rotatable bonds is 13. The van der Waals surface area contributed by atoms with Crippen LogP contribution in [-0.2, 0) is 16.0 Å². The number of carbonyl (C=O) groups is 3. The Bertz CT molecular complexity index is 1830. The Morgan fingerprint density at radius 3 is 2.13 bits per heavy atom. The lowest BCUT2D eigenvalue weighted by atomic mass is 9.85. The first-order chi connectivity index (χ1) is 24.7. The van der Waals surface area contributed by atoms with E-state index in [1.807, 2.05) is 34.6 Å². The highest BCUT2D eigenvalue weighted by Gasteiger charge is 2.44. The highest BCUT2D eigenvalue weighted by molar-refractivity contribution is 5.92. The maximum absolute atomic E-state index is 14.5. The molecule has 1 aromatic heterocycles. The minimum Gasteiger partial charge on any atom is -0.489 e. The molecular weight excluding hydrogens is 673 g/mol. The maximum atomic E-state index is 14.5. The first-order valence-corrected chi connectivity index (χ1v) is 17.5. The van der Waals surface area contributed by atoms with E-state index in [4.69, 9.17) is 4.74 Å². The number of hydrogen-bond acceptors (Lipinski definition) is 6. The molecule has 4 atom stereocenters. The first kappa shape index (κ1) is 38.0. The van der Waals surface area contributed by atoms with Gasteiger partial charge in [-0.05, 0) is 84.5 Å². The topological polar surface area (TPSA) is 110 Å². The summed E-state index contributed by atoms with van der Waals surface area (Å²) >= 11 is 0. The van der Waals surface area contributed by atoms with Gasteiger partial charge in [0.25, 0.3) is 5.91 Å². The molecule has 0 aliphatic carbocycles. The van der Waals surface area contributed by atoms with E-state index in [0.717, 1.165) is 5.56 Å². The van der Waals surface area contributed by atoms with E-state index < -0.39 is 41.1 Å². The molecule has 10 nitrogen and oxygen atoms in total. The van der Waals surface area contributed by atoms with Crippen LogP contribution in [-0.4, -0.2) is 80.3 Å². The van der Waals surface area contributed by atoms with Gasteiger partial charge in [-0.15, -0.1) is 5.10 Å². The van der Waals surface area contributed by atoms with Crippen molar-refractivity contribution in [1.82, 2.24) is 30.1 Å². The van der Waals surface area contributed by atoms with Gasteiger partial charge >= 0.3 is 0 Å². The van der Waals surface area contributed by atoms with Crippen molar-refractivity contribution >= 4 is 17.7 Å². The zero-order valence-electron chi connectivity index (χ0n) is 30.1. The Hall–Kier alpha value is -5.20. The Balaban J connectivity index is 1.46. The minimum atomic E-state index is -0.875. The van der Waals surface area contributed by atoms with Crippen LogP contribution in [0.3, 0.4) is 0 Å². The van der Waals surface area contributed by atoms with Crippen LogP contribution < -0.4 is 10.1 Å². The molecule has 0 radical (unpaired) electrons. The molecule has 1 aliphatic heterocycles. The van der Waals surface area contributed by atoms with Gasteiger partial charge in [0.05, 0.1) is 24.5 Å². The van der Waals surface area contributed by atoms with Crippen LogP contribution in [0.25, 0.3) is 5.69 Å². The van der Waals surface area contributed by atoms with Gasteiger partial charge in [-0.25, -0.2) is 13.2 Å². The van der Waals surface area contributed by atoms with Gasteiger partial charge in [0.2, 0.25) is 11.8 Å². The quantitative estimate of drug-likeness (QED) is 0.182. The minimum absolute atomic E-state index is 0.0341. The Morgan fingerprint density at radius 1 is 0.942 bits per heavy atom. The average molecular weight is 719 g/mol. The van der Waals surface area contributed by atoms with E-state index in [-0.39, 0.29) is 48.9 Å². The second-order valence-corrected chi connectivity index (χ2v) is 14.3. The fraction of sp³-hybridized carbons (Fsp3) is 0.410. The Labute approximate surface area is 301 Å². The van der Waals surface area contributed by atoms with Crippen molar-refractivity contribution in [3.8, 4) is 11.4 Å². The van der Waals surface area contributed by atoms with Crippen molar-refractivity contribution in [2.75, 3.05) is 19.6 Å². The van der Waals surface area contributed by atoms with Gasteiger partial charge in [-0.2, -0.15) is 9.90 Å². The summed E-state index contributed by atoms with van der Waals surface area (Å²) in [5.74, 6) is -2.09. The summed E-state index contributed by atoms with van der Waals surface area (Å²) in [6.07, 6.45) is 2.15. The molecule has 5 rings (SSSR count). The monoisotopic (exact) mass is 718 g/mol. The SMILES string of the molecule is CC[C@@H](C)C(=O)N[C@H](C(=O)N1C[C@@H](Oc2ccc(F)cc2)C[C@H]1CN(CCc1ccc(F)cc1)C(=O)c1cnn(-c2ccc(F)cc2)n1)C(C)(C)C. The number of likely N-dealkylation sites (tertiary alicyclic amines) is 1. The standard InChI is InChI=1S/C39H45F3N6O4/c1-6-25(2)36(49)44-35(39(3,4)5)38(51)47-24-33(52-32-17-13-29(42)14-18-32)21-31(47)23-46(20-19-26-7-9-27(40)10-8-26)37(50)34-22-43-48(45-34)30-15-11-28(41)12-16-30/h7-18,22,25,31,33,35H,6,19-21,23-24H2,1-5H3,(H,44,49)/t25-,31+,33+,35-/m1/s1. The number of benzene rings is 3. The summed E-state index contributed by atoms with van der Waals surface area (Å²) in [5, 5.41) is 11.6. The number of hydrogen-bond donors (Lipinski definition) is 1. The third-order valence-electron chi connectivity index (χ3n) is 9.31. The molecule has 4 aromatic rings. The first-order valence-electron chi connectivity index (χ1n) is 17.5. The van der Waals surface area contributed by atoms with Gasteiger partial charge in [0.1, 0.15) is 35.3 Å². The second kappa shape index (κ2) is 16.4. The van der Waals surface area contributed by atoms with Gasteiger partial charge in [0, 0.05) is 25.4 Å². The molecule has 1 fully saturated rings. The van der Waals surface area contributed by atoms with Crippen LogP contribution in [0.5, 0.6) is 5.75 Å². The van der Waals surface area contributed by atoms with Crippen molar-refractivity contribution in [2.45, 2.75) is 72.1 Å². The normalized spacial score (nSPS) is 17.0. The average Bonchev–Trinajstić information content (AvgIpc) is 3.77. The fourth-order valence-electron chi connectivity index (χ4n) is 6.06. The number of aromatic nitrogens is 3. The lowest BCUT2D eigenvalue weighted by molar-refractivity contribution is -0.141. The van der Waals surface area contributed by atoms with Crippen LogP contribution in [0.4, 0.5) is 13.2 Å². The molecule has 1 aliphatic rings. The van der Waals surface area contributed by atoms with E-state index in [1.165, 1.54) is 71.7 Å². The van der Waals surface area contributed by atoms with Crippen LogP contribution in [0.1, 0.15) is 63.5 Å². The molecule has 2 heterocycles. The summed E-state index contributed by atoms with van der Waals surface area (Å²) < 4.78 is 47.2. The molecule has 0 unspecified atom stereocenters. The molecule has 13 heteroatoms. The van der Waals surface area contributed by atoms with Crippen LogP contribution in [0.15, 0.2) is 79.0 Å². The van der Waals surface area contributed by atoms with Gasteiger partial charge in [0.15, 0.2) is 5.69 Å². The third-order valence-corrected chi connectivity index (χ3v) is 9.31. The summed E-state index contributed by atoms with van der Waals surface area (Å²) in [6.45, 7) is 9.79. The van der Waals surface area contributed by atoms with Crippen molar-refractivity contribution in [1.29, 1.82) is 0 Å². The highest BCUT2D eigenvalue weighted by Crippen LogP contribution is 2.29. The Morgan fingerprint density at radius 2 is 1.54 bits per heavy atom. The number of nitrogens with zero attached hydrogens (tertiary/aromatic N) is 5. The van der Waals surface area contributed by atoms with E-state index in [0.29, 0.717) is 30.7 Å². The number of carbonyl (C=O) groups excluding carboxylic acids is 3. The molecule has 0 spiro atoms. The molecule has 3 aromatic carbocycles. The summed E-state index contributed by atoms with van der Waals surface area (Å²) in [5.41, 5.74) is 0.634. The lowest BCUT2D eigenvalue weighted by Crippen LogP contribution is -2.58. The third kappa shape index (κ3) is 9.56. The fourth-order valence-corrected chi connectivity index (χ4v) is 6.06. The highest BCUT2D eigenvalue weighted by atomic mass is 19.1. The molecule has 0 bridgehead atoms. The van der Waals surface area contributed by atoms with Gasteiger partial charge in [-0.1, -0.05) is 46.8 Å². The van der Waals surface area contributed by atoms with Crippen molar-refractivity contribution in [2.24, 2.45) is 11.3 Å². The summed E-state index contributed by atoms with van der Waals surface area (Å²) in [7, 11) is 0. The van der Waals surface area contributed by atoms with Gasteiger partial charge in [-0.3, -0.25) is 14.4 Å². The second-order valence-electron chi connectivity index (χ2n) is 14.3. The van der Waals surface area contributed by atoms with E-state index >= 15 is 0 Å². The molecule has 1 N–H and O–H groups in total. The predicted octanol–water partition coefficient (Wildman–Crippen LogP) is 6.00. The number of nitrogens with one attached hydrogen (secondary N) is 1. The number of ether oxygens (including phenoxy) is 1. The van der Waals surface area contributed by atoms with E-state index in [1.54, 1.807) is 21.9 Å². The van der Waals surface area contributed by atoms with Crippen molar-refractivity contribution in [3.05, 3.63) is 108 Å². The zero-order valence-corrected chi connectivity index (χ0v) is 30.1. The van der Waals surface area contributed by atoms with Crippen molar-refractivity contribution in [3.63, 3.8) is 0 Å². The van der Waals surface area contributed by atoms with Crippen LogP contribution in [0, 0.1) is 28.8 Å². The molecule has 52 heavy (non-hydrogen) atoms. The van der Waals surface area contributed by atoms with Crippen LogP contribution in [0.2, 0.25) is 0 Å². The molecule has 276 valence electrons. The Kier molecular flexibility index (Phi) is 12.0. The number of amides is 3. The van der Waals surface area contributed by atoms with Crippen LogP contribution >= 0.6 is 0 Å². The molecular formula is C39H45F3N6O4. The van der Waals surface area contributed by atoms with E-state index in [9.17, 15) is 27.6 Å².